The Morgan fingerprint density at radius 1 is 1.20 bits per heavy atom. The summed E-state index contributed by atoms with van der Waals surface area (Å²) in [5.41, 5.74) is -0.954. The summed E-state index contributed by atoms with van der Waals surface area (Å²) >= 11 is 0. The molecule has 1 aliphatic carbocycles. The van der Waals surface area contributed by atoms with Crippen molar-refractivity contribution in [3.8, 4) is 0 Å². The standard InChI is InChI=1S/C13H14F2N2O3/c14-9-3-2-8(6-10(9)15)17-12(19)11(18)16-7-13(20)4-1-5-13/h2-3,6,20H,1,4-5,7H2,(H,16,18)(H,17,19). The van der Waals surface area contributed by atoms with Crippen LogP contribution in [0.1, 0.15) is 19.3 Å². The van der Waals surface area contributed by atoms with E-state index in [0.717, 1.165) is 24.6 Å². The van der Waals surface area contributed by atoms with Crippen LogP contribution in [0.25, 0.3) is 0 Å². The number of amides is 2. The summed E-state index contributed by atoms with van der Waals surface area (Å²) in [6.07, 6.45) is 2.05. The summed E-state index contributed by atoms with van der Waals surface area (Å²) in [7, 11) is 0. The van der Waals surface area contributed by atoms with E-state index in [4.69, 9.17) is 0 Å². The fourth-order valence-corrected chi connectivity index (χ4v) is 1.85. The first-order chi connectivity index (χ1) is 9.39. The number of nitrogens with one attached hydrogen (secondary N) is 2. The zero-order valence-corrected chi connectivity index (χ0v) is 10.6. The second-order valence-electron chi connectivity index (χ2n) is 4.84. The van der Waals surface area contributed by atoms with Gasteiger partial charge in [0.2, 0.25) is 0 Å². The van der Waals surface area contributed by atoms with E-state index in [0.29, 0.717) is 12.8 Å². The average Bonchev–Trinajstić information content (AvgIpc) is 2.38. The SMILES string of the molecule is O=C(NCC1(O)CCC1)C(=O)Nc1ccc(F)c(F)c1. The van der Waals surface area contributed by atoms with Crippen molar-refractivity contribution in [2.45, 2.75) is 24.9 Å². The molecular formula is C13H14F2N2O3. The molecule has 0 bridgehead atoms. The third-order valence-corrected chi connectivity index (χ3v) is 3.25. The average molecular weight is 284 g/mol. The highest BCUT2D eigenvalue weighted by Gasteiger charge is 2.35. The largest absolute Gasteiger partial charge is 0.388 e. The molecule has 1 saturated carbocycles. The first-order valence-corrected chi connectivity index (χ1v) is 6.16. The predicted octanol–water partition coefficient (Wildman–Crippen LogP) is 0.934. The molecule has 1 aromatic carbocycles. The Bertz CT molecular complexity index is 544. The maximum Gasteiger partial charge on any atom is 0.313 e. The molecule has 0 heterocycles. The highest BCUT2D eigenvalue weighted by molar-refractivity contribution is 6.39. The van der Waals surface area contributed by atoms with Gasteiger partial charge in [0.1, 0.15) is 0 Å². The molecular weight excluding hydrogens is 270 g/mol. The molecule has 0 saturated heterocycles. The molecule has 1 aliphatic rings. The minimum Gasteiger partial charge on any atom is -0.388 e. The number of hydrogen-bond donors (Lipinski definition) is 3. The monoisotopic (exact) mass is 284 g/mol. The molecule has 20 heavy (non-hydrogen) atoms. The lowest BCUT2D eigenvalue weighted by molar-refractivity contribution is -0.137. The van der Waals surface area contributed by atoms with Crippen molar-refractivity contribution in [1.82, 2.24) is 5.32 Å². The van der Waals surface area contributed by atoms with Crippen molar-refractivity contribution in [1.29, 1.82) is 0 Å². The summed E-state index contributed by atoms with van der Waals surface area (Å²) in [6, 6.07) is 2.77. The minimum atomic E-state index is -1.12. The van der Waals surface area contributed by atoms with E-state index >= 15 is 0 Å². The van der Waals surface area contributed by atoms with Gasteiger partial charge in [-0.05, 0) is 31.4 Å². The van der Waals surface area contributed by atoms with E-state index in [1.807, 2.05) is 0 Å². The quantitative estimate of drug-likeness (QED) is 0.723. The number of halogens is 2. The number of rotatable bonds is 3. The molecule has 5 nitrogen and oxygen atoms in total. The van der Waals surface area contributed by atoms with Crippen LogP contribution in [0, 0.1) is 11.6 Å². The van der Waals surface area contributed by atoms with Crippen molar-refractivity contribution < 1.29 is 23.5 Å². The Hall–Kier alpha value is -2.02. The van der Waals surface area contributed by atoms with Gasteiger partial charge in [0.15, 0.2) is 11.6 Å². The van der Waals surface area contributed by atoms with E-state index in [1.165, 1.54) is 0 Å². The number of hydrogen-bond acceptors (Lipinski definition) is 3. The molecule has 2 amide bonds. The van der Waals surface area contributed by atoms with Crippen LogP contribution in [0.2, 0.25) is 0 Å². The van der Waals surface area contributed by atoms with Crippen LogP contribution in [-0.2, 0) is 9.59 Å². The highest BCUT2D eigenvalue weighted by atomic mass is 19.2. The van der Waals surface area contributed by atoms with Crippen LogP contribution in [-0.4, -0.2) is 29.1 Å². The third kappa shape index (κ3) is 3.30. The predicted molar refractivity (Wildman–Crippen MR) is 66.8 cm³/mol. The Balaban J connectivity index is 1.87. The molecule has 3 N–H and O–H groups in total. The molecule has 1 aromatic rings. The van der Waals surface area contributed by atoms with Crippen LogP contribution >= 0.6 is 0 Å². The molecule has 7 heteroatoms. The molecule has 0 aliphatic heterocycles. The molecule has 0 atom stereocenters. The number of benzene rings is 1. The van der Waals surface area contributed by atoms with Gasteiger partial charge in [-0.3, -0.25) is 9.59 Å². The molecule has 1 fully saturated rings. The van der Waals surface area contributed by atoms with Crippen LogP contribution in [0.4, 0.5) is 14.5 Å². The highest BCUT2D eigenvalue weighted by Crippen LogP contribution is 2.30. The van der Waals surface area contributed by atoms with E-state index in [2.05, 4.69) is 10.6 Å². The Morgan fingerprint density at radius 3 is 2.45 bits per heavy atom. The lowest BCUT2D eigenvalue weighted by atomic mass is 9.80. The van der Waals surface area contributed by atoms with E-state index < -0.39 is 29.0 Å². The van der Waals surface area contributed by atoms with E-state index in [1.54, 1.807) is 0 Å². The lowest BCUT2D eigenvalue weighted by Crippen LogP contribution is -2.49. The van der Waals surface area contributed by atoms with E-state index in [-0.39, 0.29) is 12.2 Å². The van der Waals surface area contributed by atoms with Gasteiger partial charge in [0, 0.05) is 18.3 Å². The van der Waals surface area contributed by atoms with Gasteiger partial charge in [-0.1, -0.05) is 0 Å². The maximum atomic E-state index is 12.9. The topological polar surface area (TPSA) is 78.4 Å². The Morgan fingerprint density at radius 2 is 1.90 bits per heavy atom. The first kappa shape index (κ1) is 14.4. The minimum absolute atomic E-state index is 0.00294. The summed E-state index contributed by atoms with van der Waals surface area (Å²) in [5.74, 6) is -4.10. The third-order valence-electron chi connectivity index (χ3n) is 3.25. The first-order valence-electron chi connectivity index (χ1n) is 6.16. The number of carbonyl (C=O) groups excluding carboxylic acids is 2. The molecule has 0 aromatic heterocycles. The fourth-order valence-electron chi connectivity index (χ4n) is 1.85. The molecule has 108 valence electrons. The lowest BCUT2D eigenvalue weighted by Gasteiger charge is -2.36. The fraction of sp³-hybridized carbons (Fsp3) is 0.385. The van der Waals surface area contributed by atoms with Crippen molar-refractivity contribution in [2.24, 2.45) is 0 Å². The zero-order valence-electron chi connectivity index (χ0n) is 10.6. The summed E-state index contributed by atoms with van der Waals surface area (Å²) < 4.78 is 25.6. The normalized spacial score (nSPS) is 16.1. The Labute approximate surface area is 114 Å². The number of carbonyl (C=O) groups is 2. The van der Waals surface area contributed by atoms with Crippen LogP contribution in [0.3, 0.4) is 0 Å². The van der Waals surface area contributed by atoms with Crippen LogP contribution in [0.5, 0.6) is 0 Å². The second kappa shape index (κ2) is 5.54. The number of aliphatic hydroxyl groups is 1. The molecule has 0 unspecified atom stereocenters. The van der Waals surface area contributed by atoms with Crippen LogP contribution in [0.15, 0.2) is 18.2 Å². The number of anilines is 1. The van der Waals surface area contributed by atoms with Crippen molar-refractivity contribution in [2.75, 3.05) is 11.9 Å². The van der Waals surface area contributed by atoms with Gasteiger partial charge in [-0.2, -0.15) is 0 Å². The van der Waals surface area contributed by atoms with Crippen molar-refractivity contribution in [3.63, 3.8) is 0 Å². The van der Waals surface area contributed by atoms with Gasteiger partial charge in [0.05, 0.1) is 5.60 Å². The van der Waals surface area contributed by atoms with Gasteiger partial charge >= 0.3 is 11.8 Å². The van der Waals surface area contributed by atoms with Gasteiger partial charge in [0.25, 0.3) is 0 Å². The summed E-state index contributed by atoms with van der Waals surface area (Å²) in [6.45, 7) is -0.00294. The maximum absolute atomic E-state index is 12.9. The second-order valence-corrected chi connectivity index (χ2v) is 4.84. The molecule has 0 radical (unpaired) electrons. The van der Waals surface area contributed by atoms with Gasteiger partial charge < -0.3 is 15.7 Å². The zero-order chi connectivity index (χ0) is 14.8. The summed E-state index contributed by atoms with van der Waals surface area (Å²) in [5, 5.41) is 14.2. The van der Waals surface area contributed by atoms with Gasteiger partial charge in [-0.15, -0.1) is 0 Å². The van der Waals surface area contributed by atoms with Crippen molar-refractivity contribution in [3.05, 3.63) is 29.8 Å². The van der Waals surface area contributed by atoms with Gasteiger partial charge in [-0.25, -0.2) is 8.78 Å². The van der Waals surface area contributed by atoms with E-state index in [9.17, 15) is 23.5 Å². The Kier molecular flexibility index (Phi) is 3.99. The van der Waals surface area contributed by atoms with Crippen molar-refractivity contribution >= 4 is 17.5 Å². The van der Waals surface area contributed by atoms with Crippen LogP contribution < -0.4 is 10.6 Å². The smallest absolute Gasteiger partial charge is 0.313 e. The molecule has 2 rings (SSSR count). The molecule has 0 spiro atoms. The summed E-state index contributed by atoms with van der Waals surface area (Å²) in [4.78, 5) is 23.0.